The van der Waals surface area contributed by atoms with Gasteiger partial charge >= 0.3 is 0 Å². The first-order valence-corrected chi connectivity index (χ1v) is 7.33. The lowest BCUT2D eigenvalue weighted by atomic mass is 10.2. The third-order valence-corrected chi connectivity index (χ3v) is 3.44. The van der Waals surface area contributed by atoms with Crippen molar-refractivity contribution in [2.45, 2.75) is 6.92 Å². The number of thiocarbonyl (C=S) groups is 1. The van der Waals surface area contributed by atoms with Crippen molar-refractivity contribution in [1.82, 2.24) is 0 Å². The molecule has 2 rings (SSSR count). The zero-order chi connectivity index (χ0) is 15.4. The van der Waals surface area contributed by atoms with Gasteiger partial charge in [-0.15, -0.1) is 0 Å². The zero-order valence-corrected chi connectivity index (χ0v) is 13.9. The predicted molar refractivity (Wildman–Crippen MR) is 94.0 cm³/mol. The van der Waals surface area contributed by atoms with Crippen LogP contribution in [0.5, 0.6) is 5.75 Å². The average molecular weight is 341 g/mol. The Hall–Kier alpha value is -1.49. The summed E-state index contributed by atoms with van der Waals surface area (Å²) in [6.07, 6.45) is 0. The first-order valence-electron chi connectivity index (χ1n) is 6.16. The number of nitrogens with one attached hydrogen (secondary N) is 2. The lowest BCUT2D eigenvalue weighted by Crippen LogP contribution is -2.19. The fourth-order valence-electron chi connectivity index (χ4n) is 1.81. The highest BCUT2D eigenvalue weighted by Crippen LogP contribution is 2.24. The molecule has 21 heavy (non-hydrogen) atoms. The van der Waals surface area contributed by atoms with Gasteiger partial charge in [-0.2, -0.15) is 0 Å². The molecular weight excluding hydrogens is 327 g/mol. The highest BCUT2D eigenvalue weighted by Gasteiger charge is 2.04. The van der Waals surface area contributed by atoms with E-state index in [1.165, 1.54) is 0 Å². The molecule has 2 N–H and O–H groups in total. The summed E-state index contributed by atoms with van der Waals surface area (Å²) in [5, 5.41) is 7.73. The van der Waals surface area contributed by atoms with Crippen LogP contribution in [0.2, 0.25) is 10.0 Å². The molecule has 0 saturated heterocycles. The lowest BCUT2D eigenvalue weighted by Gasteiger charge is -2.13. The van der Waals surface area contributed by atoms with E-state index in [0.717, 1.165) is 22.7 Å². The summed E-state index contributed by atoms with van der Waals surface area (Å²) in [7, 11) is 1.64. The van der Waals surface area contributed by atoms with Gasteiger partial charge in [0.2, 0.25) is 0 Å². The molecule has 2 aromatic carbocycles. The number of benzene rings is 2. The molecule has 0 aromatic heterocycles. The van der Waals surface area contributed by atoms with Gasteiger partial charge in [-0.3, -0.25) is 0 Å². The van der Waals surface area contributed by atoms with Crippen molar-refractivity contribution >= 4 is 51.9 Å². The second kappa shape index (κ2) is 6.98. The number of halogens is 2. The molecule has 0 aliphatic rings. The van der Waals surface area contributed by atoms with Crippen LogP contribution in [0.3, 0.4) is 0 Å². The van der Waals surface area contributed by atoms with Gasteiger partial charge < -0.3 is 15.4 Å². The molecule has 0 fully saturated rings. The van der Waals surface area contributed by atoms with Crippen molar-refractivity contribution in [3.05, 3.63) is 52.0 Å². The lowest BCUT2D eigenvalue weighted by molar-refractivity contribution is 0.414. The smallest absolute Gasteiger partial charge is 0.175 e. The fourth-order valence-corrected chi connectivity index (χ4v) is 2.57. The number of anilines is 2. The maximum absolute atomic E-state index is 5.95. The summed E-state index contributed by atoms with van der Waals surface area (Å²) in [5.41, 5.74) is 2.67. The minimum Gasteiger partial charge on any atom is -0.497 e. The van der Waals surface area contributed by atoms with E-state index in [0.29, 0.717) is 15.2 Å². The molecule has 0 spiro atoms. The van der Waals surface area contributed by atoms with Crippen LogP contribution in [0.4, 0.5) is 11.4 Å². The molecule has 0 aliphatic carbocycles. The molecule has 2 aromatic rings. The Morgan fingerprint density at radius 3 is 2.29 bits per heavy atom. The van der Waals surface area contributed by atoms with Crippen molar-refractivity contribution in [2.75, 3.05) is 17.7 Å². The summed E-state index contributed by atoms with van der Waals surface area (Å²) in [4.78, 5) is 0. The molecule has 0 saturated carbocycles. The Balaban J connectivity index is 2.08. The third-order valence-electron chi connectivity index (χ3n) is 2.80. The highest BCUT2D eigenvalue weighted by molar-refractivity contribution is 7.80. The van der Waals surface area contributed by atoms with Gasteiger partial charge in [0.15, 0.2) is 5.11 Å². The number of aryl methyl sites for hydroxylation is 1. The van der Waals surface area contributed by atoms with Crippen molar-refractivity contribution in [2.24, 2.45) is 0 Å². The summed E-state index contributed by atoms with van der Waals surface area (Å²) >= 11 is 17.2. The summed E-state index contributed by atoms with van der Waals surface area (Å²) in [5.74, 6) is 0.804. The maximum Gasteiger partial charge on any atom is 0.175 e. The highest BCUT2D eigenvalue weighted by atomic mass is 35.5. The monoisotopic (exact) mass is 340 g/mol. The number of methoxy groups -OCH3 is 1. The molecule has 0 bridgehead atoms. The number of rotatable bonds is 3. The molecule has 110 valence electrons. The van der Waals surface area contributed by atoms with E-state index in [2.05, 4.69) is 10.6 Å². The van der Waals surface area contributed by atoms with Crippen LogP contribution in [0.15, 0.2) is 36.4 Å². The van der Waals surface area contributed by atoms with Crippen LogP contribution in [0.1, 0.15) is 5.56 Å². The van der Waals surface area contributed by atoms with E-state index in [9.17, 15) is 0 Å². The van der Waals surface area contributed by atoms with Crippen LogP contribution < -0.4 is 15.4 Å². The largest absolute Gasteiger partial charge is 0.497 e. The molecule has 3 nitrogen and oxygen atoms in total. The zero-order valence-electron chi connectivity index (χ0n) is 11.5. The van der Waals surface area contributed by atoms with Gasteiger partial charge in [-0.05, 0) is 61.1 Å². The molecule has 0 radical (unpaired) electrons. The van der Waals surface area contributed by atoms with Crippen molar-refractivity contribution in [3.8, 4) is 5.75 Å². The van der Waals surface area contributed by atoms with Crippen molar-refractivity contribution < 1.29 is 4.74 Å². The quantitative estimate of drug-likeness (QED) is 0.759. The molecule has 0 amide bonds. The van der Waals surface area contributed by atoms with Crippen LogP contribution in [0, 0.1) is 6.92 Å². The van der Waals surface area contributed by atoms with E-state index >= 15 is 0 Å². The van der Waals surface area contributed by atoms with Crippen LogP contribution in [0.25, 0.3) is 0 Å². The van der Waals surface area contributed by atoms with Gasteiger partial charge in [-0.1, -0.05) is 23.2 Å². The van der Waals surface area contributed by atoms with Crippen molar-refractivity contribution in [3.63, 3.8) is 0 Å². The molecule has 0 unspecified atom stereocenters. The van der Waals surface area contributed by atoms with Gasteiger partial charge in [0.25, 0.3) is 0 Å². The van der Waals surface area contributed by atoms with Crippen LogP contribution in [-0.4, -0.2) is 12.2 Å². The SMILES string of the molecule is COc1ccc(NC(=S)Nc2cc(Cl)cc(Cl)c2)c(C)c1. The fraction of sp³-hybridized carbons (Fsp3) is 0.133. The Morgan fingerprint density at radius 1 is 1.05 bits per heavy atom. The Bertz CT molecular complexity index is 656. The Labute approximate surface area is 139 Å². The Kier molecular flexibility index (Phi) is 5.28. The van der Waals surface area contributed by atoms with Crippen LogP contribution >= 0.6 is 35.4 Å². The molecule has 0 heterocycles. The van der Waals surface area contributed by atoms with Gasteiger partial charge in [0.05, 0.1) is 7.11 Å². The minimum atomic E-state index is 0.460. The summed E-state index contributed by atoms with van der Waals surface area (Å²) < 4.78 is 5.17. The van der Waals surface area contributed by atoms with Crippen LogP contribution in [-0.2, 0) is 0 Å². The number of hydrogen-bond acceptors (Lipinski definition) is 2. The third kappa shape index (κ3) is 4.49. The van der Waals surface area contributed by atoms with Gasteiger partial charge in [0.1, 0.15) is 5.75 Å². The summed E-state index contributed by atoms with van der Waals surface area (Å²) in [6.45, 7) is 1.98. The van der Waals surface area contributed by atoms with Gasteiger partial charge in [0, 0.05) is 21.4 Å². The van der Waals surface area contributed by atoms with E-state index in [-0.39, 0.29) is 0 Å². The van der Waals surface area contributed by atoms with Crippen molar-refractivity contribution in [1.29, 1.82) is 0 Å². The maximum atomic E-state index is 5.95. The first kappa shape index (κ1) is 15.9. The number of hydrogen-bond donors (Lipinski definition) is 2. The second-order valence-electron chi connectivity index (χ2n) is 4.42. The standard InChI is InChI=1S/C15H14Cl2N2OS/c1-9-5-13(20-2)3-4-14(9)19-15(21)18-12-7-10(16)6-11(17)8-12/h3-8H,1-2H3,(H2,18,19,21). The molecule has 0 atom stereocenters. The first-order chi connectivity index (χ1) is 9.97. The average Bonchev–Trinajstić information content (AvgIpc) is 2.39. The second-order valence-corrected chi connectivity index (χ2v) is 5.70. The topological polar surface area (TPSA) is 33.3 Å². The normalized spacial score (nSPS) is 10.1. The molecule has 6 heteroatoms. The van der Waals surface area contributed by atoms with E-state index in [1.807, 2.05) is 25.1 Å². The molecular formula is C15H14Cl2N2OS. The van der Waals surface area contributed by atoms with E-state index in [1.54, 1.807) is 25.3 Å². The molecule has 0 aliphatic heterocycles. The van der Waals surface area contributed by atoms with E-state index in [4.69, 9.17) is 40.2 Å². The predicted octanol–water partition coefficient (Wildman–Crippen LogP) is 5.12. The van der Waals surface area contributed by atoms with E-state index < -0.39 is 0 Å². The Morgan fingerprint density at radius 2 is 1.71 bits per heavy atom. The minimum absolute atomic E-state index is 0.460. The van der Waals surface area contributed by atoms with Gasteiger partial charge in [-0.25, -0.2) is 0 Å². The summed E-state index contributed by atoms with van der Waals surface area (Å²) in [6, 6.07) is 10.9. The number of ether oxygens (including phenoxy) is 1.